The molecule has 0 aromatic heterocycles. The fourth-order valence-corrected chi connectivity index (χ4v) is 2.93. The minimum atomic E-state index is -0.337. The molecule has 0 spiro atoms. The van der Waals surface area contributed by atoms with Crippen LogP contribution in [0.2, 0.25) is 0 Å². The minimum Gasteiger partial charge on any atom is -0.290 e. The van der Waals surface area contributed by atoms with Gasteiger partial charge in [0.05, 0.1) is 5.41 Å². The van der Waals surface area contributed by atoms with Gasteiger partial charge in [-0.15, -0.1) is 0 Å². The van der Waals surface area contributed by atoms with E-state index in [2.05, 4.69) is 24.3 Å². The van der Waals surface area contributed by atoms with E-state index < -0.39 is 0 Å². The number of rotatable bonds is 2. The molecule has 0 heterocycles. The summed E-state index contributed by atoms with van der Waals surface area (Å²) in [5.74, 6) is 0.0602. The molecule has 1 aliphatic rings. The Morgan fingerprint density at radius 3 is 1.75 bits per heavy atom. The summed E-state index contributed by atoms with van der Waals surface area (Å²) in [6.07, 6.45) is 5.43. The molecule has 20 heavy (non-hydrogen) atoms. The first kappa shape index (κ1) is 12.6. The van der Waals surface area contributed by atoms with Gasteiger partial charge in [0.15, 0.2) is 5.78 Å². The van der Waals surface area contributed by atoms with E-state index in [1.807, 2.05) is 49.4 Å². The summed E-state index contributed by atoms with van der Waals surface area (Å²) < 4.78 is 0. The first-order valence-electron chi connectivity index (χ1n) is 6.76. The summed E-state index contributed by atoms with van der Waals surface area (Å²) in [7, 11) is 0. The summed E-state index contributed by atoms with van der Waals surface area (Å²) >= 11 is 0. The monoisotopic (exact) mass is 260 g/mol. The minimum absolute atomic E-state index is 0.0602. The van der Waals surface area contributed by atoms with Crippen molar-refractivity contribution in [1.29, 1.82) is 0 Å². The van der Waals surface area contributed by atoms with Crippen LogP contribution in [0.1, 0.15) is 18.1 Å². The molecule has 0 unspecified atom stereocenters. The lowest BCUT2D eigenvalue weighted by atomic mass is 9.67. The normalized spacial score (nSPS) is 16.9. The molecule has 0 saturated heterocycles. The maximum Gasteiger partial charge on any atom is 0.178 e. The van der Waals surface area contributed by atoms with E-state index in [0.717, 1.165) is 5.57 Å². The van der Waals surface area contributed by atoms with E-state index in [9.17, 15) is 4.79 Å². The zero-order valence-electron chi connectivity index (χ0n) is 11.4. The summed E-state index contributed by atoms with van der Waals surface area (Å²) in [5.41, 5.74) is 3.09. The number of carbonyl (C=O) groups is 1. The Morgan fingerprint density at radius 2 is 1.30 bits per heavy atom. The largest absolute Gasteiger partial charge is 0.290 e. The Kier molecular flexibility index (Phi) is 3.11. The average Bonchev–Trinajstić information content (AvgIpc) is 2.50. The highest BCUT2D eigenvalue weighted by Gasteiger charge is 2.35. The van der Waals surface area contributed by atoms with Crippen molar-refractivity contribution in [2.45, 2.75) is 12.3 Å². The van der Waals surface area contributed by atoms with Gasteiger partial charge in [-0.2, -0.15) is 0 Å². The van der Waals surface area contributed by atoms with Crippen LogP contribution in [0, 0.1) is 0 Å². The van der Waals surface area contributed by atoms with Crippen molar-refractivity contribution < 1.29 is 4.79 Å². The number of ketones is 1. The van der Waals surface area contributed by atoms with Gasteiger partial charge in [-0.3, -0.25) is 4.79 Å². The fourth-order valence-electron chi connectivity index (χ4n) is 2.93. The Balaban J connectivity index is 2.27. The smallest absolute Gasteiger partial charge is 0.178 e. The molecular weight excluding hydrogens is 244 g/mol. The highest BCUT2D eigenvalue weighted by atomic mass is 16.1. The summed E-state index contributed by atoms with van der Waals surface area (Å²) in [4.78, 5) is 11.7. The Hall–Kier alpha value is -2.41. The predicted molar refractivity (Wildman–Crippen MR) is 81.6 cm³/mol. The lowest BCUT2D eigenvalue weighted by Gasteiger charge is -2.35. The van der Waals surface area contributed by atoms with Gasteiger partial charge in [0.2, 0.25) is 0 Å². The molecular formula is C19H16O. The van der Waals surface area contributed by atoms with Crippen LogP contribution < -0.4 is 0 Å². The first-order valence-corrected chi connectivity index (χ1v) is 6.76. The molecule has 3 rings (SSSR count). The molecule has 0 amide bonds. The topological polar surface area (TPSA) is 17.1 Å². The second-order valence-corrected chi connectivity index (χ2v) is 5.10. The molecule has 0 bridgehead atoms. The molecule has 0 atom stereocenters. The van der Waals surface area contributed by atoms with Crippen molar-refractivity contribution in [3.05, 3.63) is 95.6 Å². The van der Waals surface area contributed by atoms with Crippen LogP contribution in [0.25, 0.3) is 0 Å². The molecule has 0 saturated carbocycles. The highest BCUT2D eigenvalue weighted by molar-refractivity contribution is 6.02. The van der Waals surface area contributed by atoms with Gasteiger partial charge < -0.3 is 0 Å². The summed E-state index contributed by atoms with van der Waals surface area (Å²) in [6, 6.07) is 20.6. The molecule has 2 aromatic rings. The maximum absolute atomic E-state index is 11.7. The Bertz CT molecular complexity index is 639. The summed E-state index contributed by atoms with van der Waals surface area (Å²) in [5, 5.41) is 0. The van der Waals surface area contributed by atoms with Crippen molar-refractivity contribution in [2.24, 2.45) is 0 Å². The quantitative estimate of drug-likeness (QED) is 0.796. The van der Waals surface area contributed by atoms with Gasteiger partial charge in [0, 0.05) is 0 Å². The fraction of sp³-hybridized carbons (Fsp3) is 0.105. The predicted octanol–water partition coefficient (Wildman–Crippen LogP) is 4.06. The van der Waals surface area contributed by atoms with Crippen LogP contribution in [0.3, 0.4) is 0 Å². The van der Waals surface area contributed by atoms with Crippen LogP contribution in [0.15, 0.2) is 84.5 Å². The Morgan fingerprint density at radius 1 is 0.800 bits per heavy atom. The SMILES string of the molecule is CC1=CC(=O)C=CC1(c1ccccc1)c1ccccc1. The van der Waals surface area contributed by atoms with E-state index in [1.165, 1.54) is 11.1 Å². The van der Waals surface area contributed by atoms with Crippen molar-refractivity contribution in [2.75, 3.05) is 0 Å². The average molecular weight is 260 g/mol. The number of hydrogen-bond acceptors (Lipinski definition) is 1. The van der Waals surface area contributed by atoms with Gasteiger partial charge in [-0.05, 0) is 30.2 Å². The van der Waals surface area contributed by atoms with Crippen molar-refractivity contribution in [3.8, 4) is 0 Å². The van der Waals surface area contributed by atoms with Crippen LogP contribution in [0.4, 0.5) is 0 Å². The molecule has 0 fully saturated rings. The molecule has 0 N–H and O–H groups in total. The summed E-state index contributed by atoms with van der Waals surface area (Å²) in [6.45, 7) is 2.03. The first-order chi connectivity index (χ1) is 9.73. The number of hydrogen-bond donors (Lipinski definition) is 0. The standard InChI is InChI=1S/C19H16O/c1-15-14-18(20)12-13-19(15,16-8-4-2-5-9-16)17-10-6-3-7-11-17/h2-14H,1H3. The van der Waals surface area contributed by atoms with Gasteiger partial charge >= 0.3 is 0 Å². The molecule has 0 radical (unpaired) electrons. The zero-order chi connectivity index (χ0) is 14.0. The van der Waals surface area contributed by atoms with E-state index in [4.69, 9.17) is 0 Å². The van der Waals surface area contributed by atoms with Gasteiger partial charge in [-0.1, -0.05) is 72.3 Å². The van der Waals surface area contributed by atoms with Crippen molar-refractivity contribution in [1.82, 2.24) is 0 Å². The number of benzene rings is 2. The second kappa shape index (κ2) is 4.93. The van der Waals surface area contributed by atoms with Crippen LogP contribution in [0.5, 0.6) is 0 Å². The van der Waals surface area contributed by atoms with Crippen LogP contribution >= 0.6 is 0 Å². The van der Waals surface area contributed by atoms with Gasteiger partial charge in [0.25, 0.3) is 0 Å². The molecule has 0 aliphatic heterocycles. The lowest BCUT2D eigenvalue weighted by molar-refractivity contribution is -0.110. The Labute approximate surface area is 119 Å². The van der Waals surface area contributed by atoms with E-state index in [1.54, 1.807) is 12.2 Å². The zero-order valence-corrected chi connectivity index (χ0v) is 11.4. The number of carbonyl (C=O) groups excluding carboxylic acids is 1. The molecule has 2 aromatic carbocycles. The third-order valence-electron chi connectivity index (χ3n) is 3.94. The van der Waals surface area contributed by atoms with E-state index in [-0.39, 0.29) is 11.2 Å². The highest BCUT2D eigenvalue weighted by Crippen LogP contribution is 2.41. The molecule has 98 valence electrons. The van der Waals surface area contributed by atoms with Gasteiger partial charge in [0.1, 0.15) is 0 Å². The van der Waals surface area contributed by atoms with E-state index in [0.29, 0.717) is 0 Å². The second-order valence-electron chi connectivity index (χ2n) is 5.10. The van der Waals surface area contributed by atoms with Gasteiger partial charge in [-0.25, -0.2) is 0 Å². The van der Waals surface area contributed by atoms with E-state index >= 15 is 0 Å². The molecule has 1 aliphatic carbocycles. The lowest BCUT2D eigenvalue weighted by Crippen LogP contribution is -2.29. The van der Waals surface area contributed by atoms with Crippen molar-refractivity contribution in [3.63, 3.8) is 0 Å². The van der Waals surface area contributed by atoms with Crippen LogP contribution in [-0.2, 0) is 10.2 Å². The van der Waals surface area contributed by atoms with Crippen LogP contribution in [-0.4, -0.2) is 5.78 Å². The van der Waals surface area contributed by atoms with Crippen molar-refractivity contribution >= 4 is 5.78 Å². The third-order valence-corrected chi connectivity index (χ3v) is 3.94. The molecule has 1 heteroatoms. The maximum atomic E-state index is 11.7. The third kappa shape index (κ3) is 1.92. The number of allylic oxidation sites excluding steroid dienone is 4. The molecule has 1 nitrogen and oxygen atoms in total.